The van der Waals surface area contributed by atoms with Crippen LogP contribution in [-0.4, -0.2) is 24.9 Å². The van der Waals surface area contributed by atoms with Crippen molar-refractivity contribution in [1.82, 2.24) is 0 Å². The van der Waals surface area contributed by atoms with E-state index in [0.717, 1.165) is 6.42 Å². The first-order valence-corrected chi connectivity index (χ1v) is 3.75. The molecule has 0 spiro atoms. The molecule has 0 bridgehead atoms. The van der Waals surface area contributed by atoms with E-state index in [1.807, 2.05) is 6.08 Å². The molecular weight excluding hydrogens is 128 g/mol. The van der Waals surface area contributed by atoms with Crippen LogP contribution < -0.4 is 0 Å². The number of allylic oxidation sites excluding steroid dienone is 1. The zero-order valence-corrected chi connectivity index (χ0v) is 6.55. The Labute approximate surface area is 62.5 Å². The van der Waals surface area contributed by atoms with Gasteiger partial charge in [-0.05, 0) is 6.42 Å². The number of unbranched alkanes of at least 4 members (excludes halogenated alkanes) is 1. The predicted molar refractivity (Wildman–Crippen MR) is 42.0 cm³/mol. The Bertz CT molecular complexity index is 79.3. The van der Waals surface area contributed by atoms with Gasteiger partial charge in [-0.1, -0.05) is 25.5 Å². The van der Waals surface area contributed by atoms with Crippen LogP contribution in [0.1, 0.15) is 19.8 Å². The lowest BCUT2D eigenvalue weighted by atomic mass is 10.3. The van der Waals surface area contributed by atoms with Gasteiger partial charge in [0, 0.05) is 0 Å². The minimum atomic E-state index is 0.113. The molecule has 0 unspecified atom stereocenters. The van der Waals surface area contributed by atoms with E-state index in [-0.39, 0.29) is 6.61 Å². The largest absolute Gasteiger partial charge is 0.394 e. The fourth-order valence-corrected chi connectivity index (χ4v) is 0.568. The van der Waals surface area contributed by atoms with E-state index in [4.69, 9.17) is 9.84 Å². The summed E-state index contributed by atoms with van der Waals surface area (Å²) in [4.78, 5) is 0. The molecule has 0 atom stereocenters. The first-order valence-electron chi connectivity index (χ1n) is 3.75. The number of ether oxygens (including phenoxy) is 1. The van der Waals surface area contributed by atoms with Crippen LogP contribution >= 0.6 is 0 Å². The third kappa shape index (κ3) is 7.66. The fraction of sp³-hybridized carbons (Fsp3) is 0.750. The second-order valence-corrected chi connectivity index (χ2v) is 2.06. The smallest absolute Gasteiger partial charge is 0.0701 e. The molecule has 0 aliphatic carbocycles. The van der Waals surface area contributed by atoms with Crippen molar-refractivity contribution in [2.45, 2.75) is 19.8 Å². The molecule has 0 aromatic carbocycles. The molecule has 0 heterocycles. The minimum absolute atomic E-state index is 0.113. The van der Waals surface area contributed by atoms with Crippen LogP contribution in [0, 0.1) is 0 Å². The summed E-state index contributed by atoms with van der Waals surface area (Å²) >= 11 is 0. The van der Waals surface area contributed by atoms with Crippen LogP contribution in [0.2, 0.25) is 0 Å². The number of hydrogen-bond acceptors (Lipinski definition) is 2. The van der Waals surface area contributed by atoms with Gasteiger partial charge in [-0.25, -0.2) is 0 Å². The van der Waals surface area contributed by atoms with Gasteiger partial charge in [-0.2, -0.15) is 0 Å². The van der Waals surface area contributed by atoms with Crippen molar-refractivity contribution in [2.24, 2.45) is 0 Å². The highest BCUT2D eigenvalue weighted by molar-refractivity contribution is 4.80. The van der Waals surface area contributed by atoms with Crippen molar-refractivity contribution in [3.05, 3.63) is 12.2 Å². The molecule has 0 amide bonds. The van der Waals surface area contributed by atoms with Crippen molar-refractivity contribution in [2.75, 3.05) is 19.8 Å². The fourth-order valence-electron chi connectivity index (χ4n) is 0.568. The van der Waals surface area contributed by atoms with Gasteiger partial charge in [-0.15, -0.1) is 0 Å². The second kappa shape index (κ2) is 8.66. The third-order valence-electron chi connectivity index (χ3n) is 1.07. The summed E-state index contributed by atoms with van der Waals surface area (Å²) in [6, 6.07) is 0. The topological polar surface area (TPSA) is 29.5 Å². The van der Waals surface area contributed by atoms with Crippen LogP contribution in [0.5, 0.6) is 0 Å². The van der Waals surface area contributed by atoms with Gasteiger partial charge in [0.1, 0.15) is 0 Å². The number of rotatable bonds is 6. The van der Waals surface area contributed by atoms with E-state index in [1.165, 1.54) is 6.42 Å². The summed E-state index contributed by atoms with van der Waals surface area (Å²) in [6.45, 7) is 3.32. The summed E-state index contributed by atoms with van der Waals surface area (Å²) in [5.74, 6) is 0. The van der Waals surface area contributed by atoms with Crippen LogP contribution in [0.3, 0.4) is 0 Å². The summed E-state index contributed by atoms with van der Waals surface area (Å²) < 4.78 is 4.99. The Kier molecular flexibility index (Phi) is 8.37. The molecular formula is C8H16O2. The molecule has 2 heteroatoms. The molecule has 1 N–H and O–H groups in total. The average Bonchev–Trinajstić information content (AvgIpc) is 1.97. The van der Waals surface area contributed by atoms with Crippen LogP contribution in [0.15, 0.2) is 12.2 Å². The van der Waals surface area contributed by atoms with Gasteiger partial charge in [-0.3, -0.25) is 0 Å². The maximum atomic E-state index is 8.32. The molecule has 0 aromatic heterocycles. The first kappa shape index (κ1) is 9.66. The Morgan fingerprint density at radius 2 is 2.20 bits per heavy atom. The van der Waals surface area contributed by atoms with E-state index >= 15 is 0 Å². The van der Waals surface area contributed by atoms with Crippen molar-refractivity contribution in [1.29, 1.82) is 0 Å². The Morgan fingerprint density at radius 1 is 1.40 bits per heavy atom. The van der Waals surface area contributed by atoms with Gasteiger partial charge in [0.2, 0.25) is 0 Å². The molecule has 10 heavy (non-hydrogen) atoms. The van der Waals surface area contributed by atoms with Crippen molar-refractivity contribution < 1.29 is 9.84 Å². The highest BCUT2D eigenvalue weighted by atomic mass is 16.5. The van der Waals surface area contributed by atoms with Crippen LogP contribution in [0.25, 0.3) is 0 Å². The molecule has 0 radical (unpaired) electrons. The maximum Gasteiger partial charge on any atom is 0.0701 e. The zero-order valence-electron chi connectivity index (χ0n) is 6.55. The lowest BCUT2D eigenvalue weighted by Crippen LogP contribution is -1.97. The summed E-state index contributed by atoms with van der Waals surface area (Å²) in [5, 5.41) is 8.32. The van der Waals surface area contributed by atoms with E-state index in [1.54, 1.807) is 0 Å². The van der Waals surface area contributed by atoms with Crippen molar-refractivity contribution in [3.63, 3.8) is 0 Å². The third-order valence-corrected chi connectivity index (χ3v) is 1.07. The number of aliphatic hydroxyl groups is 1. The van der Waals surface area contributed by atoms with E-state index in [9.17, 15) is 0 Å². The molecule has 0 aromatic rings. The number of aliphatic hydroxyl groups excluding tert-OH is 1. The lowest BCUT2D eigenvalue weighted by molar-refractivity contribution is 0.112. The summed E-state index contributed by atoms with van der Waals surface area (Å²) in [6.07, 6.45) is 6.37. The predicted octanol–water partition coefficient (Wildman–Crippen LogP) is 1.35. The van der Waals surface area contributed by atoms with E-state index < -0.39 is 0 Å². The monoisotopic (exact) mass is 144 g/mol. The first-order chi connectivity index (χ1) is 4.91. The highest BCUT2D eigenvalue weighted by Gasteiger charge is 1.79. The summed E-state index contributed by atoms with van der Waals surface area (Å²) in [5.41, 5.74) is 0. The van der Waals surface area contributed by atoms with Crippen LogP contribution in [-0.2, 0) is 4.74 Å². The van der Waals surface area contributed by atoms with Gasteiger partial charge in [0.15, 0.2) is 0 Å². The zero-order chi connectivity index (χ0) is 7.66. The molecule has 0 aliphatic rings. The molecule has 0 rings (SSSR count). The van der Waals surface area contributed by atoms with Crippen molar-refractivity contribution in [3.8, 4) is 0 Å². The Balaban J connectivity index is 2.88. The molecule has 0 fully saturated rings. The normalized spacial score (nSPS) is 11.0. The lowest BCUT2D eigenvalue weighted by Gasteiger charge is -1.94. The quantitative estimate of drug-likeness (QED) is 0.450. The van der Waals surface area contributed by atoms with Gasteiger partial charge < -0.3 is 9.84 Å². The average molecular weight is 144 g/mol. The number of hydrogen-bond donors (Lipinski definition) is 1. The Morgan fingerprint density at radius 3 is 2.80 bits per heavy atom. The standard InChI is InChI=1S/C8H16O2/c1-2-3-4-5-7-10-8-6-9/h4-5,9H,2-3,6-8H2,1H3/b5-4-. The van der Waals surface area contributed by atoms with Crippen molar-refractivity contribution >= 4 is 0 Å². The summed E-state index contributed by atoms with van der Waals surface area (Å²) in [7, 11) is 0. The Hall–Kier alpha value is -0.340. The second-order valence-electron chi connectivity index (χ2n) is 2.06. The molecule has 0 aliphatic heterocycles. The van der Waals surface area contributed by atoms with Gasteiger partial charge in [0.25, 0.3) is 0 Å². The highest BCUT2D eigenvalue weighted by Crippen LogP contribution is 1.87. The molecule has 60 valence electrons. The molecule has 0 saturated heterocycles. The maximum absolute atomic E-state index is 8.32. The molecule has 0 saturated carbocycles. The van der Waals surface area contributed by atoms with Crippen LogP contribution in [0.4, 0.5) is 0 Å². The van der Waals surface area contributed by atoms with Gasteiger partial charge in [0.05, 0.1) is 19.8 Å². The van der Waals surface area contributed by atoms with E-state index in [2.05, 4.69) is 13.0 Å². The SMILES string of the molecule is CCC/C=C\COCCO. The minimum Gasteiger partial charge on any atom is -0.394 e. The van der Waals surface area contributed by atoms with Gasteiger partial charge >= 0.3 is 0 Å². The van der Waals surface area contributed by atoms with E-state index in [0.29, 0.717) is 13.2 Å². The molecule has 2 nitrogen and oxygen atoms in total.